The molecule has 2 saturated heterocycles. The van der Waals surface area contributed by atoms with E-state index < -0.39 is 53.8 Å². The molecule has 2 rings (SSSR count). The largest absolute Gasteiger partial charge is 0.465 e. The van der Waals surface area contributed by atoms with Gasteiger partial charge in [0.05, 0.1) is 30.7 Å². The minimum absolute atomic E-state index is 0.124. The van der Waals surface area contributed by atoms with Crippen molar-refractivity contribution in [2.24, 2.45) is 5.92 Å². The molecule has 2 aliphatic rings. The minimum Gasteiger partial charge on any atom is -0.465 e. The van der Waals surface area contributed by atoms with E-state index >= 15 is 0 Å². The van der Waals surface area contributed by atoms with E-state index in [1.165, 1.54) is 11.8 Å². The Balaban J connectivity index is 2.35. The Morgan fingerprint density at radius 3 is 2.16 bits per heavy atom. The lowest BCUT2D eigenvalue weighted by Gasteiger charge is -2.31. The van der Waals surface area contributed by atoms with Crippen LogP contribution in [0.1, 0.15) is 27.7 Å². The van der Waals surface area contributed by atoms with Gasteiger partial charge >= 0.3 is 11.9 Å². The van der Waals surface area contributed by atoms with Crippen molar-refractivity contribution in [1.82, 2.24) is 4.90 Å². The maximum atomic E-state index is 12.4. The number of nitrogens with zero attached hydrogens (tertiary/aromatic N) is 1. The van der Waals surface area contributed by atoms with Gasteiger partial charge in [-0.15, -0.1) is 11.8 Å². The molecule has 0 bridgehead atoms. The number of fused-ring (bicyclic) bond motifs is 1. The van der Waals surface area contributed by atoms with Crippen LogP contribution in [0.25, 0.3) is 0 Å². The average Bonchev–Trinajstić information content (AvgIpc) is 3.00. The second-order valence-electron chi connectivity index (χ2n) is 5.98. The van der Waals surface area contributed by atoms with Crippen molar-refractivity contribution >= 4 is 23.7 Å². The number of carbonyl (C=O) groups excluding carboxylic acids is 2. The molecule has 25 heavy (non-hydrogen) atoms. The first kappa shape index (κ1) is 20.4. The highest BCUT2D eigenvalue weighted by Crippen LogP contribution is 2.43. The minimum atomic E-state index is -1.29. The number of esters is 2. The van der Waals surface area contributed by atoms with E-state index in [1.807, 2.05) is 6.92 Å². The molecule has 0 aliphatic carbocycles. The molecule has 2 N–H and O–H groups in total. The van der Waals surface area contributed by atoms with Crippen LogP contribution in [0.15, 0.2) is 0 Å². The number of carbonyl (C=O) groups is 2. The van der Waals surface area contributed by atoms with Crippen LogP contribution in [0.4, 0.5) is 0 Å². The van der Waals surface area contributed by atoms with Crippen molar-refractivity contribution in [2.75, 3.05) is 19.0 Å². The van der Waals surface area contributed by atoms with Crippen molar-refractivity contribution in [3.63, 3.8) is 0 Å². The summed E-state index contributed by atoms with van der Waals surface area (Å²) >= 11 is 1.43. The quantitative estimate of drug-likeness (QED) is 0.467. The van der Waals surface area contributed by atoms with Gasteiger partial charge in [-0.1, -0.05) is 6.92 Å². The number of rotatable bonds is 7. The van der Waals surface area contributed by atoms with Crippen LogP contribution in [0, 0.1) is 5.92 Å². The number of hydrogen-bond acceptors (Lipinski definition) is 9. The molecule has 0 radical (unpaired) electrons. The fourth-order valence-corrected chi connectivity index (χ4v) is 4.63. The summed E-state index contributed by atoms with van der Waals surface area (Å²) in [5.74, 6) is -2.04. The van der Waals surface area contributed by atoms with E-state index in [1.54, 1.807) is 25.7 Å². The molecular weight excluding hydrogens is 350 g/mol. The molecule has 0 aromatic rings. The van der Waals surface area contributed by atoms with E-state index in [4.69, 9.17) is 14.2 Å². The van der Waals surface area contributed by atoms with E-state index in [0.29, 0.717) is 5.75 Å². The molecule has 9 heteroatoms. The highest BCUT2D eigenvalue weighted by molar-refractivity contribution is 7.99. The Bertz CT molecular complexity index is 473. The van der Waals surface area contributed by atoms with E-state index in [2.05, 4.69) is 0 Å². The van der Waals surface area contributed by atoms with Gasteiger partial charge in [0, 0.05) is 0 Å². The van der Waals surface area contributed by atoms with Gasteiger partial charge < -0.3 is 24.4 Å². The normalized spacial score (nSPS) is 35.0. The van der Waals surface area contributed by atoms with Crippen LogP contribution >= 0.6 is 11.8 Å². The van der Waals surface area contributed by atoms with Crippen LogP contribution in [0.3, 0.4) is 0 Å². The van der Waals surface area contributed by atoms with E-state index in [9.17, 15) is 19.8 Å². The first-order valence-electron chi connectivity index (χ1n) is 8.62. The van der Waals surface area contributed by atoms with Gasteiger partial charge in [-0.05, 0) is 26.5 Å². The summed E-state index contributed by atoms with van der Waals surface area (Å²) in [6.07, 6.45) is -3.42. The lowest BCUT2D eigenvalue weighted by molar-refractivity contribution is -0.174. The lowest BCUT2D eigenvalue weighted by Crippen LogP contribution is -2.49. The molecule has 0 amide bonds. The topological polar surface area (TPSA) is 106 Å². The highest BCUT2D eigenvalue weighted by atomic mass is 32.2. The van der Waals surface area contributed by atoms with E-state index in [0.717, 1.165) is 0 Å². The summed E-state index contributed by atoms with van der Waals surface area (Å²) in [5, 5.41) is 20.3. The molecule has 2 heterocycles. The number of aliphatic hydroxyl groups excluding tert-OH is 2. The van der Waals surface area contributed by atoms with Crippen LogP contribution in [-0.2, 0) is 23.8 Å². The predicted octanol–water partition coefficient (Wildman–Crippen LogP) is -0.0412. The SMILES string of the molecule is CCOC(=O)C(C(=O)OCC)[C@H]1O[C@@H](C)[C@@H]2[C@@H](O)[C@@H](O)[C@H](SCC)N21. The van der Waals surface area contributed by atoms with Crippen molar-refractivity contribution in [2.45, 2.75) is 63.7 Å². The first-order valence-corrected chi connectivity index (χ1v) is 9.67. The zero-order valence-electron chi connectivity index (χ0n) is 15.0. The van der Waals surface area contributed by atoms with Gasteiger partial charge in [-0.3, -0.25) is 14.5 Å². The van der Waals surface area contributed by atoms with Crippen molar-refractivity contribution in [3.8, 4) is 0 Å². The third kappa shape index (κ3) is 3.80. The zero-order valence-corrected chi connectivity index (χ0v) is 15.8. The van der Waals surface area contributed by atoms with Gasteiger partial charge in [0.2, 0.25) is 0 Å². The van der Waals surface area contributed by atoms with E-state index in [-0.39, 0.29) is 13.2 Å². The summed E-state index contributed by atoms with van der Waals surface area (Å²) < 4.78 is 15.9. The molecule has 0 spiro atoms. The third-order valence-corrected chi connectivity index (χ3v) is 5.66. The number of hydrogen-bond donors (Lipinski definition) is 2. The van der Waals surface area contributed by atoms with Crippen molar-refractivity contribution < 1.29 is 34.0 Å². The highest BCUT2D eigenvalue weighted by Gasteiger charge is 2.61. The molecule has 144 valence electrons. The fraction of sp³-hybridized carbons (Fsp3) is 0.875. The molecule has 0 unspecified atom stereocenters. The van der Waals surface area contributed by atoms with Crippen LogP contribution < -0.4 is 0 Å². The third-order valence-electron chi connectivity index (χ3n) is 4.46. The Morgan fingerprint density at radius 1 is 1.12 bits per heavy atom. The van der Waals surface area contributed by atoms with Crippen LogP contribution in [0.2, 0.25) is 0 Å². The summed E-state index contributed by atoms with van der Waals surface area (Å²) in [6, 6.07) is -0.504. The zero-order chi connectivity index (χ0) is 18.7. The molecule has 0 aromatic carbocycles. The molecule has 0 aromatic heterocycles. The Hall–Kier alpha value is -0.870. The molecule has 8 nitrogen and oxygen atoms in total. The number of thioether (sulfide) groups is 1. The molecule has 6 atom stereocenters. The Labute approximate surface area is 151 Å². The number of ether oxygens (including phenoxy) is 3. The van der Waals surface area contributed by atoms with Crippen molar-refractivity contribution in [3.05, 3.63) is 0 Å². The van der Waals surface area contributed by atoms with Crippen LogP contribution in [0.5, 0.6) is 0 Å². The monoisotopic (exact) mass is 377 g/mol. The first-order chi connectivity index (χ1) is 11.9. The van der Waals surface area contributed by atoms with Crippen LogP contribution in [-0.4, -0.2) is 82.0 Å². The fourth-order valence-electron chi connectivity index (χ4n) is 3.50. The molecule has 2 fully saturated rings. The summed E-state index contributed by atoms with van der Waals surface area (Å²) in [5.41, 5.74) is 0. The number of aliphatic hydroxyl groups is 2. The maximum Gasteiger partial charge on any atom is 0.324 e. The summed E-state index contributed by atoms with van der Waals surface area (Å²) in [6.45, 7) is 7.23. The van der Waals surface area contributed by atoms with Gasteiger partial charge in [0.25, 0.3) is 0 Å². The maximum absolute atomic E-state index is 12.4. The second kappa shape index (κ2) is 8.68. The summed E-state index contributed by atoms with van der Waals surface area (Å²) in [4.78, 5) is 26.5. The molecule has 0 saturated carbocycles. The smallest absolute Gasteiger partial charge is 0.324 e. The predicted molar refractivity (Wildman–Crippen MR) is 90.7 cm³/mol. The standard InChI is InChI=1S/C16H27NO7S/c1-5-22-15(20)9(16(21)23-6-2)13-17-10(8(4)24-13)11(18)12(19)14(17)25-7-3/h8-14,18-19H,5-7H2,1-4H3/t8-,10+,11+,12+,13+,14-/m0/s1. The molecular formula is C16H27NO7S. The lowest BCUT2D eigenvalue weighted by atomic mass is 10.1. The Kier molecular flexibility index (Phi) is 7.10. The van der Waals surface area contributed by atoms with Crippen molar-refractivity contribution in [1.29, 1.82) is 0 Å². The van der Waals surface area contributed by atoms with Gasteiger partial charge in [0.15, 0.2) is 5.92 Å². The molecule has 2 aliphatic heterocycles. The van der Waals surface area contributed by atoms with Gasteiger partial charge in [-0.25, -0.2) is 0 Å². The second-order valence-corrected chi connectivity index (χ2v) is 7.37. The Morgan fingerprint density at radius 2 is 1.68 bits per heavy atom. The van der Waals surface area contributed by atoms with Gasteiger partial charge in [-0.2, -0.15) is 0 Å². The summed E-state index contributed by atoms with van der Waals surface area (Å²) in [7, 11) is 0. The van der Waals surface area contributed by atoms with Gasteiger partial charge in [0.1, 0.15) is 18.4 Å². The average molecular weight is 377 g/mol.